The van der Waals surface area contributed by atoms with Crippen LogP contribution in [-0.4, -0.2) is 19.6 Å². The summed E-state index contributed by atoms with van der Waals surface area (Å²) < 4.78 is 4.81. The Morgan fingerprint density at radius 3 is 2.85 bits per heavy atom. The molecule has 0 aromatic heterocycles. The van der Waals surface area contributed by atoms with Crippen LogP contribution < -0.4 is 11.1 Å². The van der Waals surface area contributed by atoms with Gasteiger partial charge in [-0.3, -0.25) is 0 Å². The Morgan fingerprint density at radius 1 is 1.40 bits per heavy atom. The van der Waals surface area contributed by atoms with Crippen LogP contribution in [0.2, 0.25) is 0 Å². The largest absolute Gasteiger partial charge is 0.465 e. The fraction of sp³-hybridized carbons (Fsp3) is 0.562. The van der Waals surface area contributed by atoms with Crippen molar-refractivity contribution in [2.24, 2.45) is 11.8 Å². The van der Waals surface area contributed by atoms with Gasteiger partial charge in [-0.1, -0.05) is 32.3 Å². The number of nitrogens with one attached hydrogen (secondary N) is 1. The third-order valence-corrected chi connectivity index (χ3v) is 4.33. The second-order valence-corrected chi connectivity index (χ2v) is 5.66. The molecule has 110 valence electrons. The number of methoxy groups -OCH3 is 1. The summed E-state index contributed by atoms with van der Waals surface area (Å²) >= 11 is 0. The Morgan fingerprint density at radius 2 is 2.15 bits per heavy atom. The van der Waals surface area contributed by atoms with Gasteiger partial charge >= 0.3 is 5.97 Å². The molecule has 0 radical (unpaired) electrons. The Kier molecular flexibility index (Phi) is 4.88. The smallest absolute Gasteiger partial charge is 0.340 e. The van der Waals surface area contributed by atoms with E-state index in [1.807, 2.05) is 0 Å². The molecule has 1 aliphatic carbocycles. The normalized spacial score (nSPS) is 22.3. The number of carbonyl (C=O) groups is 1. The Hall–Kier alpha value is -1.71. The van der Waals surface area contributed by atoms with E-state index in [9.17, 15) is 4.79 Å². The molecule has 3 N–H and O–H groups in total. The number of anilines is 2. The topological polar surface area (TPSA) is 64.3 Å². The first-order valence-electron chi connectivity index (χ1n) is 7.34. The summed E-state index contributed by atoms with van der Waals surface area (Å²) in [5, 5.41) is 3.37. The molecule has 1 aliphatic rings. The molecule has 1 aromatic carbocycles. The van der Waals surface area contributed by atoms with Gasteiger partial charge in [0.15, 0.2) is 0 Å². The molecule has 2 atom stereocenters. The van der Waals surface area contributed by atoms with Crippen LogP contribution in [0, 0.1) is 11.8 Å². The van der Waals surface area contributed by atoms with Gasteiger partial charge in [0.1, 0.15) is 0 Å². The number of para-hydroxylation sites is 1. The number of benzene rings is 1. The van der Waals surface area contributed by atoms with Crippen LogP contribution in [-0.2, 0) is 4.74 Å². The van der Waals surface area contributed by atoms with Crippen LogP contribution >= 0.6 is 0 Å². The molecule has 0 bridgehead atoms. The third kappa shape index (κ3) is 3.24. The highest BCUT2D eigenvalue weighted by Crippen LogP contribution is 2.31. The zero-order chi connectivity index (χ0) is 14.5. The molecular weight excluding hydrogens is 252 g/mol. The predicted molar refractivity (Wildman–Crippen MR) is 81.8 cm³/mol. The number of nitrogens with two attached hydrogens (primary N) is 1. The number of esters is 1. The Balaban J connectivity index is 2.10. The first-order chi connectivity index (χ1) is 9.63. The first-order valence-corrected chi connectivity index (χ1v) is 7.34. The van der Waals surface area contributed by atoms with Gasteiger partial charge < -0.3 is 15.8 Å². The quantitative estimate of drug-likeness (QED) is 0.654. The Labute approximate surface area is 120 Å². The second-order valence-electron chi connectivity index (χ2n) is 5.66. The van der Waals surface area contributed by atoms with E-state index in [0.717, 1.165) is 12.5 Å². The molecule has 1 aromatic rings. The zero-order valence-electron chi connectivity index (χ0n) is 12.3. The van der Waals surface area contributed by atoms with Gasteiger partial charge in [0.05, 0.1) is 24.0 Å². The summed E-state index contributed by atoms with van der Waals surface area (Å²) in [5.74, 6) is 1.02. The van der Waals surface area contributed by atoms with Gasteiger partial charge in [0, 0.05) is 6.54 Å². The van der Waals surface area contributed by atoms with Gasteiger partial charge in [0.25, 0.3) is 0 Å². The highest BCUT2D eigenvalue weighted by Gasteiger charge is 2.22. The van der Waals surface area contributed by atoms with E-state index in [1.165, 1.54) is 32.8 Å². The predicted octanol–water partition coefficient (Wildman–Crippen LogP) is 3.29. The Bertz CT molecular complexity index is 474. The monoisotopic (exact) mass is 276 g/mol. The van der Waals surface area contributed by atoms with E-state index in [1.54, 1.807) is 18.2 Å². The number of ether oxygens (including phenoxy) is 1. The molecule has 0 aliphatic heterocycles. The van der Waals surface area contributed by atoms with Gasteiger partial charge in [-0.2, -0.15) is 0 Å². The molecule has 0 heterocycles. The van der Waals surface area contributed by atoms with Gasteiger partial charge in [-0.25, -0.2) is 4.79 Å². The van der Waals surface area contributed by atoms with Crippen LogP contribution in [0.5, 0.6) is 0 Å². The van der Waals surface area contributed by atoms with E-state index in [-0.39, 0.29) is 5.97 Å². The minimum Gasteiger partial charge on any atom is -0.465 e. The summed E-state index contributed by atoms with van der Waals surface area (Å²) in [4.78, 5) is 11.8. The fourth-order valence-electron chi connectivity index (χ4n) is 2.98. The fourth-order valence-corrected chi connectivity index (χ4v) is 2.98. The molecule has 2 rings (SSSR count). The van der Waals surface area contributed by atoms with E-state index < -0.39 is 0 Å². The summed E-state index contributed by atoms with van der Waals surface area (Å²) in [6, 6.07) is 5.32. The van der Waals surface area contributed by atoms with Crippen molar-refractivity contribution in [2.75, 3.05) is 24.7 Å². The maximum Gasteiger partial charge on any atom is 0.340 e. The average molecular weight is 276 g/mol. The number of rotatable bonds is 4. The molecule has 0 spiro atoms. The number of hydrogen-bond acceptors (Lipinski definition) is 4. The minimum absolute atomic E-state index is 0.350. The summed E-state index contributed by atoms with van der Waals surface area (Å²) in [6.45, 7) is 3.17. The van der Waals surface area contributed by atoms with Crippen LogP contribution in [0.3, 0.4) is 0 Å². The standard InChI is InChI=1S/C16H24N2O2/c1-11-6-3-4-7-12(11)10-18-15-13(16(19)20-2)8-5-9-14(15)17/h5,8-9,11-12,18H,3-4,6-7,10,17H2,1-2H3. The van der Waals surface area contributed by atoms with E-state index in [2.05, 4.69) is 12.2 Å². The van der Waals surface area contributed by atoms with Crippen LogP contribution in [0.25, 0.3) is 0 Å². The van der Waals surface area contributed by atoms with Crippen molar-refractivity contribution in [1.82, 2.24) is 0 Å². The number of nitrogen functional groups attached to an aromatic ring is 1. The van der Waals surface area contributed by atoms with Crippen LogP contribution in [0.15, 0.2) is 18.2 Å². The number of hydrogen-bond donors (Lipinski definition) is 2. The molecule has 4 heteroatoms. The lowest BCUT2D eigenvalue weighted by atomic mass is 9.80. The molecule has 20 heavy (non-hydrogen) atoms. The minimum atomic E-state index is -0.350. The molecular formula is C16H24N2O2. The zero-order valence-corrected chi connectivity index (χ0v) is 12.3. The van der Waals surface area contributed by atoms with Gasteiger partial charge in [-0.05, 0) is 30.4 Å². The van der Waals surface area contributed by atoms with E-state index in [0.29, 0.717) is 22.9 Å². The highest BCUT2D eigenvalue weighted by atomic mass is 16.5. The molecule has 1 saturated carbocycles. The average Bonchev–Trinajstić information content (AvgIpc) is 2.46. The van der Waals surface area contributed by atoms with Crippen molar-refractivity contribution >= 4 is 17.3 Å². The highest BCUT2D eigenvalue weighted by molar-refractivity contribution is 5.98. The number of carbonyl (C=O) groups excluding carboxylic acids is 1. The van der Waals surface area contributed by atoms with E-state index in [4.69, 9.17) is 10.5 Å². The van der Waals surface area contributed by atoms with Crippen molar-refractivity contribution < 1.29 is 9.53 Å². The van der Waals surface area contributed by atoms with Crippen LogP contribution in [0.4, 0.5) is 11.4 Å². The van der Waals surface area contributed by atoms with E-state index >= 15 is 0 Å². The third-order valence-electron chi connectivity index (χ3n) is 4.33. The van der Waals surface area contributed by atoms with Crippen molar-refractivity contribution in [1.29, 1.82) is 0 Å². The molecule has 2 unspecified atom stereocenters. The summed E-state index contributed by atoms with van der Waals surface area (Å²) in [7, 11) is 1.39. The lowest BCUT2D eigenvalue weighted by Gasteiger charge is -2.29. The van der Waals surface area contributed by atoms with Crippen LogP contribution in [0.1, 0.15) is 43.0 Å². The maximum atomic E-state index is 11.8. The van der Waals surface area contributed by atoms with Crippen molar-refractivity contribution in [3.8, 4) is 0 Å². The molecule has 4 nitrogen and oxygen atoms in total. The second kappa shape index (κ2) is 6.64. The molecule has 1 fully saturated rings. The van der Waals surface area contributed by atoms with Gasteiger partial charge in [-0.15, -0.1) is 0 Å². The van der Waals surface area contributed by atoms with Gasteiger partial charge in [0.2, 0.25) is 0 Å². The molecule has 0 amide bonds. The molecule has 0 saturated heterocycles. The lowest BCUT2D eigenvalue weighted by Crippen LogP contribution is -2.25. The summed E-state index contributed by atoms with van der Waals surface area (Å²) in [5.41, 5.74) is 7.80. The maximum absolute atomic E-state index is 11.8. The van der Waals surface area contributed by atoms with Crippen molar-refractivity contribution in [3.05, 3.63) is 23.8 Å². The van der Waals surface area contributed by atoms with Crippen molar-refractivity contribution in [3.63, 3.8) is 0 Å². The first kappa shape index (κ1) is 14.7. The summed E-state index contributed by atoms with van der Waals surface area (Å²) in [6.07, 6.45) is 5.16. The van der Waals surface area contributed by atoms with Crippen molar-refractivity contribution in [2.45, 2.75) is 32.6 Å². The SMILES string of the molecule is COC(=O)c1cccc(N)c1NCC1CCCCC1C. The lowest BCUT2D eigenvalue weighted by molar-refractivity contribution is 0.0602.